The molecule has 6 nitrogen and oxygen atoms in total. The molecule has 162 valence electrons. The van der Waals surface area contributed by atoms with Gasteiger partial charge in [0.15, 0.2) is 0 Å². The van der Waals surface area contributed by atoms with Gasteiger partial charge in [-0.15, -0.1) is 0 Å². The van der Waals surface area contributed by atoms with E-state index in [9.17, 15) is 14.7 Å². The minimum absolute atomic E-state index is 0.00439. The Balaban J connectivity index is 1.38. The first-order valence-corrected chi connectivity index (χ1v) is 11.6. The molecule has 1 amide bonds. The number of aromatic nitrogens is 1. The van der Waals surface area contributed by atoms with Crippen molar-refractivity contribution in [1.82, 2.24) is 14.4 Å². The molecule has 1 saturated heterocycles. The second kappa shape index (κ2) is 7.31. The van der Waals surface area contributed by atoms with Crippen molar-refractivity contribution in [3.63, 3.8) is 0 Å². The minimum atomic E-state index is -0.311. The molecule has 1 N–H and O–H groups in total. The zero-order chi connectivity index (χ0) is 21.1. The summed E-state index contributed by atoms with van der Waals surface area (Å²) in [6, 6.07) is 13.7. The second-order valence-electron chi connectivity index (χ2n) is 9.70. The largest absolute Gasteiger partial charge is 0.396 e. The van der Waals surface area contributed by atoms with Crippen molar-refractivity contribution in [3.05, 3.63) is 69.6 Å². The normalized spacial score (nSPS) is 29.5. The van der Waals surface area contributed by atoms with Crippen molar-refractivity contribution in [1.29, 1.82) is 0 Å². The number of benzene rings is 1. The molecule has 1 aliphatic carbocycles. The van der Waals surface area contributed by atoms with Crippen molar-refractivity contribution in [3.8, 4) is 0 Å². The number of amides is 1. The summed E-state index contributed by atoms with van der Waals surface area (Å²) in [4.78, 5) is 31.0. The van der Waals surface area contributed by atoms with Crippen LogP contribution in [-0.2, 0) is 24.3 Å². The number of hydrogen-bond acceptors (Lipinski definition) is 4. The molecule has 1 saturated carbocycles. The summed E-state index contributed by atoms with van der Waals surface area (Å²) in [6.07, 6.45) is 3.35. The second-order valence-corrected chi connectivity index (χ2v) is 9.70. The van der Waals surface area contributed by atoms with Crippen molar-refractivity contribution in [2.45, 2.75) is 44.4 Å². The predicted molar refractivity (Wildman–Crippen MR) is 116 cm³/mol. The maximum Gasteiger partial charge on any atom is 0.250 e. The lowest BCUT2D eigenvalue weighted by molar-refractivity contribution is -0.139. The van der Waals surface area contributed by atoms with Gasteiger partial charge in [0.05, 0.1) is 12.0 Å². The van der Waals surface area contributed by atoms with Gasteiger partial charge in [-0.05, 0) is 42.4 Å². The SMILES string of the molecule is O=C([C@H]1[C@H](CO)[C@H]2Cn3c(cccc3=O)[C@@H]1N2CC1CC1)N1CCc2ccccc2C1. The Bertz CT molecular complexity index is 1080. The Morgan fingerprint density at radius 1 is 1.06 bits per heavy atom. The summed E-state index contributed by atoms with van der Waals surface area (Å²) < 4.78 is 1.85. The lowest BCUT2D eigenvalue weighted by Gasteiger charge is -2.38. The van der Waals surface area contributed by atoms with Crippen LogP contribution in [0.2, 0.25) is 0 Å². The molecule has 6 heteroatoms. The maximum atomic E-state index is 14.0. The van der Waals surface area contributed by atoms with E-state index in [1.807, 2.05) is 27.7 Å². The number of carbonyl (C=O) groups excluding carboxylic acids is 1. The molecule has 1 aromatic carbocycles. The van der Waals surface area contributed by atoms with Gasteiger partial charge in [0.1, 0.15) is 0 Å². The average molecular weight is 420 g/mol. The smallest absolute Gasteiger partial charge is 0.250 e. The van der Waals surface area contributed by atoms with E-state index in [0.717, 1.165) is 18.7 Å². The molecule has 6 rings (SSSR count). The number of hydrogen-bond donors (Lipinski definition) is 1. The quantitative estimate of drug-likeness (QED) is 0.821. The summed E-state index contributed by atoms with van der Waals surface area (Å²) in [5, 5.41) is 10.4. The van der Waals surface area contributed by atoms with E-state index in [0.29, 0.717) is 25.6 Å². The Hall–Kier alpha value is -2.44. The fourth-order valence-corrected chi connectivity index (χ4v) is 6.20. The molecule has 31 heavy (non-hydrogen) atoms. The third-order valence-corrected chi connectivity index (χ3v) is 7.94. The van der Waals surface area contributed by atoms with Crippen molar-refractivity contribution in [2.75, 3.05) is 19.7 Å². The molecular formula is C25H29N3O3. The Kier molecular flexibility index (Phi) is 4.54. The molecule has 4 heterocycles. The van der Waals surface area contributed by atoms with Crippen LogP contribution < -0.4 is 5.56 Å². The maximum absolute atomic E-state index is 14.0. The van der Waals surface area contributed by atoms with Gasteiger partial charge in [0, 0.05) is 56.5 Å². The van der Waals surface area contributed by atoms with E-state index >= 15 is 0 Å². The van der Waals surface area contributed by atoms with E-state index in [2.05, 4.69) is 23.1 Å². The third-order valence-electron chi connectivity index (χ3n) is 7.94. The minimum Gasteiger partial charge on any atom is -0.396 e. The van der Waals surface area contributed by atoms with Crippen LogP contribution in [0.25, 0.3) is 0 Å². The molecule has 0 radical (unpaired) electrons. The number of fused-ring (bicyclic) bond motifs is 5. The highest BCUT2D eigenvalue weighted by molar-refractivity contribution is 5.81. The number of aliphatic hydroxyl groups is 1. The van der Waals surface area contributed by atoms with Gasteiger partial charge < -0.3 is 14.6 Å². The number of aliphatic hydroxyl groups excluding tert-OH is 1. The molecule has 2 bridgehead atoms. The van der Waals surface area contributed by atoms with Gasteiger partial charge in [0.2, 0.25) is 5.91 Å². The van der Waals surface area contributed by atoms with E-state index < -0.39 is 0 Å². The summed E-state index contributed by atoms with van der Waals surface area (Å²) in [5.74, 6) is 0.357. The topological polar surface area (TPSA) is 65.8 Å². The number of pyridine rings is 1. The summed E-state index contributed by atoms with van der Waals surface area (Å²) >= 11 is 0. The van der Waals surface area contributed by atoms with Crippen LogP contribution in [0.1, 0.15) is 35.7 Å². The van der Waals surface area contributed by atoms with Crippen LogP contribution in [0.4, 0.5) is 0 Å². The molecule has 0 spiro atoms. The Morgan fingerprint density at radius 3 is 2.65 bits per heavy atom. The van der Waals surface area contributed by atoms with E-state index in [1.54, 1.807) is 6.07 Å². The fraction of sp³-hybridized carbons (Fsp3) is 0.520. The van der Waals surface area contributed by atoms with Crippen LogP contribution >= 0.6 is 0 Å². The Labute approximate surface area is 182 Å². The van der Waals surface area contributed by atoms with Crippen LogP contribution in [0, 0.1) is 17.8 Å². The summed E-state index contributed by atoms with van der Waals surface area (Å²) in [6.45, 7) is 2.85. The summed E-state index contributed by atoms with van der Waals surface area (Å²) in [7, 11) is 0. The highest BCUT2D eigenvalue weighted by Crippen LogP contribution is 2.50. The van der Waals surface area contributed by atoms with Crippen LogP contribution in [0.5, 0.6) is 0 Å². The molecule has 1 aromatic heterocycles. The number of carbonyl (C=O) groups is 1. The van der Waals surface area contributed by atoms with Crippen molar-refractivity contribution < 1.29 is 9.90 Å². The fourth-order valence-electron chi connectivity index (χ4n) is 6.20. The van der Waals surface area contributed by atoms with Crippen LogP contribution in [0.3, 0.4) is 0 Å². The molecule has 3 aliphatic heterocycles. The highest BCUT2D eigenvalue weighted by atomic mass is 16.3. The zero-order valence-electron chi connectivity index (χ0n) is 17.7. The molecule has 2 aromatic rings. The number of rotatable bonds is 4. The standard InChI is InChI=1S/C25H29N3O3/c29-15-19-21-14-27-20(6-3-7-22(27)30)24(28(21)12-16-8-9-16)23(19)25(31)26-11-10-17-4-1-2-5-18(17)13-26/h1-7,16,19,21,23-24,29H,8-15H2/t19-,21-,23+,24+/m1/s1. The lowest BCUT2D eigenvalue weighted by atomic mass is 9.85. The first-order chi connectivity index (χ1) is 15.2. The van der Waals surface area contributed by atoms with Gasteiger partial charge in [-0.25, -0.2) is 0 Å². The monoisotopic (exact) mass is 419 g/mol. The number of nitrogens with zero attached hydrogens (tertiary/aromatic N) is 3. The van der Waals surface area contributed by atoms with Gasteiger partial charge >= 0.3 is 0 Å². The zero-order valence-corrected chi connectivity index (χ0v) is 17.7. The first kappa shape index (κ1) is 19.3. The van der Waals surface area contributed by atoms with Crippen molar-refractivity contribution >= 4 is 5.91 Å². The van der Waals surface area contributed by atoms with Crippen LogP contribution in [-0.4, -0.2) is 51.1 Å². The Morgan fingerprint density at radius 2 is 1.87 bits per heavy atom. The van der Waals surface area contributed by atoms with E-state index in [4.69, 9.17) is 0 Å². The van der Waals surface area contributed by atoms with Gasteiger partial charge in [0.25, 0.3) is 5.56 Å². The molecule has 4 aliphatic rings. The summed E-state index contributed by atoms with van der Waals surface area (Å²) in [5.41, 5.74) is 3.48. The molecule has 2 fully saturated rings. The van der Waals surface area contributed by atoms with Crippen LogP contribution in [0.15, 0.2) is 47.3 Å². The van der Waals surface area contributed by atoms with E-state index in [1.165, 1.54) is 24.0 Å². The van der Waals surface area contributed by atoms with Gasteiger partial charge in [-0.1, -0.05) is 30.3 Å². The third kappa shape index (κ3) is 3.07. The molecule has 0 unspecified atom stereocenters. The van der Waals surface area contributed by atoms with Gasteiger partial charge in [-0.2, -0.15) is 0 Å². The first-order valence-electron chi connectivity index (χ1n) is 11.6. The predicted octanol–water partition coefficient (Wildman–Crippen LogP) is 1.81. The molecule has 4 atom stereocenters. The van der Waals surface area contributed by atoms with Crippen molar-refractivity contribution in [2.24, 2.45) is 17.8 Å². The highest BCUT2D eigenvalue weighted by Gasteiger charge is 2.57. The average Bonchev–Trinajstić information content (AvgIpc) is 3.58. The van der Waals surface area contributed by atoms with Gasteiger partial charge in [-0.3, -0.25) is 14.5 Å². The molecular weight excluding hydrogens is 390 g/mol. The van der Waals surface area contributed by atoms with E-state index in [-0.39, 0.29) is 42.0 Å². The lowest BCUT2D eigenvalue weighted by Crippen LogP contribution is -2.47.